The zero-order chi connectivity index (χ0) is 13.9. The Labute approximate surface area is 108 Å². The number of carbonyl (C=O) groups excluding carboxylic acids is 1. The molecule has 0 spiro atoms. The molecule has 5 heteroatoms. The second-order valence-electron chi connectivity index (χ2n) is 6.40. The van der Waals surface area contributed by atoms with E-state index in [1.165, 1.54) is 0 Å². The SMILES string of the molecule is CC(C)(C)CC(CN)C(=O)N1CC(CC(=O)O)C1. The van der Waals surface area contributed by atoms with Crippen molar-refractivity contribution in [3.63, 3.8) is 0 Å². The number of carbonyl (C=O) groups is 2. The second kappa shape index (κ2) is 5.69. The van der Waals surface area contributed by atoms with Crippen LogP contribution in [-0.2, 0) is 9.59 Å². The van der Waals surface area contributed by atoms with Gasteiger partial charge in [0, 0.05) is 25.6 Å². The van der Waals surface area contributed by atoms with Gasteiger partial charge in [-0.25, -0.2) is 0 Å². The number of carboxylic acid groups (broad SMARTS) is 1. The molecule has 1 rings (SSSR count). The maximum Gasteiger partial charge on any atom is 0.303 e. The lowest BCUT2D eigenvalue weighted by atomic mass is 9.83. The Morgan fingerprint density at radius 3 is 2.33 bits per heavy atom. The highest BCUT2D eigenvalue weighted by atomic mass is 16.4. The standard InChI is InChI=1S/C13H24N2O3/c1-13(2,3)5-10(6-14)12(18)15-7-9(8-15)4-11(16)17/h9-10H,4-8,14H2,1-3H3,(H,16,17). The fraction of sp³-hybridized carbons (Fsp3) is 0.846. The van der Waals surface area contributed by atoms with E-state index in [1.807, 2.05) is 0 Å². The van der Waals surface area contributed by atoms with Gasteiger partial charge in [0.05, 0.1) is 12.3 Å². The van der Waals surface area contributed by atoms with Gasteiger partial charge in [-0.05, 0) is 11.8 Å². The molecule has 1 saturated heterocycles. The van der Waals surface area contributed by atoms with Gasteiger partial charge in [-0.1, -0.05) is 20.8 Å². The van der Waals surface area contributed by atoms with E-state index in [4.69, 9.17) is 10.8 Å². The number of likely N-dealkylation sites (tertiary alicyclic amines) is 1. The van der Waals surface area contributed by atoms with Crippen molar-refractivity contribution in [3.05, 3.63) is 0 Å². The van der Waals surface area contributed by atoms with E-state index in [0.29, 0.717) is 19.6 Å². The average molecular weight is 256 g/mol. The first-order valence-electron chi connectivity index (χ1n) is 6.43. The van der Waals surface area contributed by atoms with E-state index >= 15 is 0 Å². The Hall–Kier alpha value is -1.10. The van der Waals surface area contributed by atoms with Crippen molar-refractivity contribution in [2.24, 2.45) is 23.0 Å². The summed E-state index contributed by atoms with van der Waals surface area (Å²) >= 11 is 0. The minimum absolute atomic E-state index is 0.0744. The molecule has 0 aliphatic carbocycles. The van der Waals surface area contributed by atoms with E-state index in [2.05, 4.69) is 20.8 Å². The van der Waals surface area contributed by atoms with Crippen molar-refractivity contribution < 1.29 is 14.7 Å². The number of aliphatic carboxylic acids is 1. The van der Waals surface area contributed by atoms with Gasteiger partial charge in [-0.15, -0.1) is 0 Å². The summed E-state index contributed by atoms with van der Waals surface area (Å²) in [4.78, 5) is 24.4. The zero-order valence-electron chi connectivity index (χ0n) is 11.5. The van der Waals surface area contributed by atoms with Gasteiger partial charge in [0.2, 0.25) is 5.91 Å². The zero-order valence-corrected chi connectivity index (χ0v) is 11.5. The van der Waals surface area contributed by atoms with Crippen LogP contribution in [-0.4, -0.2) is 41.5 Å². The first kappa shape index (κ1) is 15.0. The number of carboxylic acids is 1. The normalized spacial score (nSPS) is 18.3. The predicted molar refractivity (Wildman–Crippen MR) is 68.9 cm³/mol. The minimum Gasteiger partial charge on any atom is -0.481 e. The van der Waals surface area contributed by atoms with Crippen molar-refractivity contribution in [1.29, 1.82) is 0 Å². The fourth-order valence-corrected chi connectivity index (χ4v) is 2.39. The van der Waals surface area contributed by atoms with Crippen molar-refractivity contribution in [1.82, 2.24) is 4.90 Å². The molecule has 0 aromatic carbocycles. The van der Waals surface area contributed by atoms with Gasteiger partial charge in [-0.3, -0.25) is 9.59 Å². The molecule has 1 fully saturated rings. The van der Waals surface area contributed by atoms with Gasteiger partial charge in [-0.2, -0.15) is 0 Å². The van der Waals surface area contributed by atoms with Gasteiger partial charge >= 0.3 is 5.97 Å². The summed E-state index contributed by atoms with van der Waals surface area (Å²) in [6.07, 6.45) is 0.915. The van der Waals surface area contributed by atoms with E-state index < -0.39 is 5.97 Å². The van der Waals surface area contributed by atoms with Crippen LogP contribution in [0.5, 0.6) is 0 Å². The third kappa shape index (κ3) is 4.29. The summed E-state index contributed by atoms with van der Waals surface area (Å²) in [6.45, 7) is 7.75. The Morgan fingerprint density at radius 2 is 1.94 bits per heavy atom. The summed E-state index contributed by atoms with van der Waals surface area (Å²) in [5, 5.41) is 8.66. The molecule has 18 heavy (non-hydrogen) atoms. The summed E-state index contributed by atoms with van der Waals surface area (Å²) in [5.41, 5.74) is 5.75. The Kier molecular flexibility index (Phi) is 4.73. The Bertz CT molecular complexity index is 317. The molecule has 0 saturated carbocycles. The summed E-state index contributed by atoms with van der Waals surface area (Å²) in [5.74, 6) is -0.749. The Morgan fingerprint density at radius 1 is 1.39 bits per heavy atom. The maximum atomic E-state index is 12.2. The topological polar surface area (TPSA) is 83.6 Å². The van der Waals surface area contributed by atoms with Gasteiger partial charge in [0.15, 0.2) is 0 Å². The molecule has 0 aromatic rings. The van der Waals surface area contributed by atoms with E-state index in [0.717, 1.165) is 6.42 Å². The van der Waals surface area contributed by atoms with Gasteiger partial charge in [0.1, 0.15) is 0 Å². The highest BCUT2D eigenvalue weighted by Crippen LogP contribution is 2.28. The smallest absolute Gasteiger partial charge is 0.303 e. The van der Waals surface area contributed by atoms with Crippen LogP contribution in [0, 0.1) is 17.3 Å². The molecule has 1 aliphatic heterocycles. The van der Waals surface area contributed by atoms with Crippen LogP contribution in [0.1, 0.15) is 33.6 Å². The summed E-state index contributed by atoms with van der Waals surface area (Å²) in [6, 6.07) is 0. The van der Waals surface area contributed by atoms with Gasteiger partial charge < -0.3 is 15.7 Å². The largest absolute Gasteiger partial charge is 0.481 e. The lowest BCUT2D eigenvalue weighted by Gasteiger charge is -2.41. The molecule has 104 valence electrons. The molecular weight excluding hydrogens is 232 g/mol. The fourth-order valence-electron chi connectivity index (χ4n) is 2.39. The lowest BCUT2D eigenvalue weighted by Crippen LogP contribution is -2.53. The molecule has 0 aromatic heterocycles. The van der Waals surface area contributed by atoms with Crippen LogP contribution in [0.4, 0.5) is 0 Å². The first-order chi connectivity index (χ1) is 8.23. The van der Waals surface area contributed by atoms with Crippen LogP contribution in [0.3, 0.4) is 0 Å². The monoisotopic (exact) mass is 256 g/mol. The number of hydrogen-bond acceptors (Lipinski definition) is 3. The molecule has 0 bridgehead atoms. The molecule has 3 N–H and O–H groups in total. The third-order valence-corrected chi connectivity index (χ3v) is 3.22. The number of nitrogens with zero attached hydrogens (tertiary/aromatic N) is 1. The highest BCUT2D eigenvalue weighted by molar-refractivity contribution is 5.80. The minimum atomic E-state index is -0.794. The van der Waals surface area contributed by atoms with Crippen LogP contribution in [0.25, 0.3) is 0 Å². The number of hydrogen-bond donors (Lipinski definition) is 2. The lowest BCUT2D eigenvalue weighted by molar-refractivity contribution is -0.147. The van der Waals surface area contributed by atoms with Crippen molar-refractivity contribution in [2.75, 3.05) is 19.6 Å². The average Bonchev–Trinajstić information content (AvgIpc) is 2.16. The van der Waals surface area contributed by atoms with Crippen LogP contribution in [0.2, 0.25) is 0 Å². The Balaban J connectivity index is 2.43. The van der Waals surface area contributed by atoms with Crippen molar-refractivity contribution in [2.45, 2.75) is 33.6 Å². The first-order valence-corrected chi connectivity index (χ1v) is 6.43. The number of amides is 1. The van der Waals surface area contributed by atoms with E-state index in [1.54, 1.807) is 4.90 Å². The molecule has 1 atom stereocenters. The van der Waals surface area contributed by atoms with Crippen LogP contribution in [0.15, 0.2) is 0 Å². The summed E-state index contributed by atoms with van der Waals surface area (Å²) in [7, 11) is 0. The highest BCUT2D eigenvalue weighted by Gasteiger charge is 2.36. The molecule has 1 unspecified atom stereocenters. The maximum absolute atomic E-state index is 12.2. The molecule has 1 heterocycles. The van der Waals surface area contributed by atoms with Crippen molar-refractivity contribution in [3.8, 4) is 0 Å². The predicted octanol–water partition coefficient (Wildman–Crippen LogP) is 0.931. The third-order valence-electron chi connectivity index (χ3n) is 3.22. The van der Waals surface area contributed by atoms with Crippen LogP contribution >= 0.6 is 0 Å². The van der Waals surface area contributed by atoms with E-state index in [9.17, 15) is 9.59 Å². The molecule has 1 aliphatic rings. The molecule has 1 amide bonds. The van der Waals surface area contributed by atoms with Crippen molar-refractivity contribution >= 4 is 11.9 Å². The van der Waals surface area contributed by atoms with Crippen LogP contribution < -0.4 is 5.73 Å². The van der Waals surface area contributed by atoms with E-state index in [-0.39, 0.29) is 29.6 Å². The molecule has 5 nitrogen and oxygen atoms in total. The second-order valence-corrected chi connectivity index (χ2v) is 6.40. The number of nitrogens with two attached hydrogens (primary N) is 1. The number of rotatable bonds is 5. The quantitative estimate of drug-likeness (QED) is 0.766. The van der Waals surface area contributed by atoms with Gasteiger partial charge in [0.25, 0.3) is 0 Å². The molecule has 0 radical (unpaired) electrons. The summed E-state index contributed by atoms with van der Waals surface area (Å²) < 4.78 is 0. The molecular formula is C13H24N2O3.